The van der Waals surface area contributed by atoms with E-state index >= 15 is 0 Å². The van der Waals surface area contributed by atoms with Crippen molar-refractivity contribution in [3.63, 3.8) is 0 Å². The number of aromatic nitrogens is 2. The van der Waals surface area contributed by atoms with Crippen molar-refractivity contribution in [2.24, 2.45) is 0 Å². The number of ether oxygens (including phenoxy) is 1. The van der Waals surface area contributed by atoms with Gasteiger partial charge in [0, 0.05) is 34.6 Å². The number of para-hydroxylation sites is 1. The number of hydrogen-bond donors (Lipinski definition) is 3. The maximum absolute atomic E-state index is 10.0. The van der Waals surface area contributed by atoms with Gasteiger partial charge in [-0.3, -0.25) is 4.98 Å². The zero-order valence-corrected chi connectivity index (χ0v) is 18.0. The van der Waals surface area contributed by atoms with Gasteiger partial charge in [0.05, 0.1) is 11.1 Å². The molecule has 1 heterocycles. The molecule has 1 aliphatic carbocycles. The number of aliphatic hydroxyl groups excluding tert-OH is 1. The van der Waals surface area contributed by atoms with Gasteiger partial charge in [-0.05, 0) is 55.7 Å². The summed E-state index contributed by atoms with van der Waals surface area (Å²) in [6.45, 7) is 4.07. The summed E-state index contributed by atoms with van der Waals surface area (Å²) in [6, 6.07) is 15.3. The highest BCUT2D eigenvalue weighted by Gasteiger charge is 2.26. The molecule has 0 aliphatic heterocycles. The quantitative estimate of drug-likeness (QED) is 0.332. The second kappa shape index (κ2) is 9.85. The van der Waals surface area contributed by atoms with Crippen LogP contribution in [0.15, 0.2) is 77.4 Å². The largest absolute Gasteiger partial charge is 0.437 e. The Kier molecular flexibility index (Phi) is 6.74. The van der Waals surface area contributed by atoms with Crippen LogP contribution >= 0.6 is 11.8 Å². The number of thioether (sulfide) groups is 1. The predicted octanol–water partition coefficient (Wildman–Crippen LogP) is 5.55. The highest BCUT2D eigenvalue weighted by molar-refractivity contribution is 8.03. The molecule has 1 fully saturated rings. The van der Waals surface area contributed by atoms with Crippen molar-refractivity contribution in [1.29, 1.82) is 0 Å². The lowest BCUT2D eigenvalue weighted by molar-refractivity contribution is 0.118. The van der Waals surface area contributed by atoms with Crippen LogP contribution in [-0.4, -0.2) is 21.2 Å². The summed E-state index contributed by atoms with van der Waals surface area (Å²) in [7, 11) is 0. The van der Waals surface area contributed by atoms with Gasteiger partial charge in [-0.15, -0.1) is 0 Å². The van der Waals surface area contributed by atoms with E-state index in [1.807, 2.05) is 48.5 Å². The van der Waals surface area contributed by atoms with Crippen LogP contribution in [0.3, 0.4) is 0 Å². The molecule has 1 aromatic heterocycles. The van der Waals surface area contributed by atoms with Crippen molar-refractivity contribution in [2.45, 2.75) is 42.6 Å². The van der Waals surface area contributed by atoms with Crippen LogP contribution in [0, 0.1) is 0 Å². The molecule has 1 aliphatic rings. The van der Waals surface area contributed by atoms with Crippen molar-refractivity contribution in [2.75, 3.05) is 11.1 Å². The second-order valence-corrected chi connectivity index (χ2v) is 8.72. The Hall–Kier alpha value is -3.03. The lowest BCUT2D eigenvalue weighted by Gasteiger charge is -2.26. The van der Waals surface area contributed by atoms with E-state index in [0.29, 0.717) is 18.1 Å². The third kappa shape index (κ3) is 5.57. The van der Waals surface area contributed by atoms with E-state index in [1.165, 1.54) is 11.8 Å². The summed E-state index contributed by atoms with van der Waals surface area (Å²) >= 11 is 1.49. The third-order valence-electron chi connectivity index (χ3n) is 5.23. The fraction of sp³-hybridized carbons (Fsp3) is 0.250. The number of rotatable bonds is 7. The van der Waals surface area contributed by atoms with Crippen molar-refractivity contribution < 1.29 is 9.84 Å². The molecule has 160 valence electrons. The van der Waals surface area contributed by atoms with E-state index in [1.54, 1.807) is 12.4 Å². The highest BCUT2D eigenvalue weighted by atomic mass is 32.2. The lowest BCUT2D eigenvalue weighted by atomic mass is 9.85. The van der Waals surface area contributed by atoms with Crippen LogP contribution in [-0.2, 0) is 0 Å². The first-order chi connectivity index (χ1) is 15.1. The molecule has 0 spiro atoms. The minimum atomic E-state index is -0.281. The summed E-state index contributed by atoms with van der Waals surface area (Å²) in [6.07, 6.45) is 6.55. The van der Waals surface area contributed by atoms with Gasteiger partial charge in [0.1, 0.15) is 11.4 Å². The zero-order valence-electron chi connectivity index (χ0n) is 17.2. The van der Waals surface area contributed by atoms with Gasteiger partial charge < -0.3 is 20.9 Å². The molecule has 4 rings (SSSR count). The molecule has 2 aromatic carbocycles. The first-order valence-electron chi connectivity index (χ1n) is 10.3. The molecule has 4 N–H and O–H groups in total. The maximum Gasteiger partial charge on any atom is 0.241 e. The summed E-state index contributed by atoms with van der Waals surface area (Å²) in [5.74, 6) is 1.34. The lowest BCUT2D eigenvalue weighted by Crippen LogP contribution is -2.19. The van der Waals surface area contributed by atoms with Crippen LogP contribution in [0.1, 0.15) is 37.3 Å². The van der Waals surface area contributed by atoms with Gasteiger partial charge in [0.15, 0.2) is 0 Å². The van der Waals surface area contributed by atoms with Crippen LogP contribution < -0.4 is 15.8 Å². The molecular formula is C24H26N4O2S. The molecule has 0 bridgehead atoms. The highest BCUT2D eigenvalue weighted by Crippen LogP contribution is 2.37. The van der Waals surface area contributed by atoms with Crippen LogP contribution in [0.5, 0.6) is 11.6 Å². The van der Waals surface area contributed by atoms with Crippen molar-refractivity contribution in [3.05, 3.63) is 78.2 Å². The average molecular weight is 435 g/mol. The Morgan fingerprint density at radius 3 is 2.65 bits per heavy atom. The fourth-order valence-electron chi connectivity index (χ4n) is 3.72. The number of benzene rings is 2. The molecule has 0 radical (unpaired) electrons. The Morgan fingerprint density at radius 1 is 1.10 bits per heavy atom. The van der Waals surface area contributed by atoms with E-state index < -0.39 is 0 Å². The topological polar surface area (TPSA) is 93.3 Å². The van der Waals surface area contributed by atoms with Crippen molar-refractivity contribution >= 4 is 23.1 Å². The predicted molar refractivity (Wildman–Crippen MR) is 125 cm³/mol. The van der Waals surface area contributed by atoms with Gasteiger partial charge >= 0.3 is 0 Å². The van der Waals surface area contributed by atoms with Gasteiger partial charge in [0.25, 0.3) is 0 Å². The molecule has 1 saturated carbocycles. The normalized spacial score (nSPS) is 18.4. The fourth-order valence-corrected chi connectivity index (χ4v) is 4.48. The SMILES string of the molecule is C=C(Nc1ccc(Oc2nccnc2[C@@H]2CCC[C@H](O)C2)cc1)Sc1ccccc1N. The molecule has 31 heavy (non-hydrogen) atoms. The minimum Gasteiger partial charge on any atom is -0.437 e. The second-order valence-electron chi connectivity index (χ2n) is 7.58. The summed E-state index contributed by atoms with van der Waals surface area (Å²) in [4.78, 5) is 9.85. The number of nitrogens with two attached hydrogens (primary N) is 1. The first-order valence-corrected chi connectivity index (χ1v) is 11.2. The Labute approximate surface area is 186 Å². The smallest absolute Gasteiger partial charge is 0.241 e. The molecule has 0 saturated heterocycles. The van der Waals surface area contributed by atoms with E-state index in [4.69, 9.17) is 10.5 Å². The van der Waals surface area contributed by atoms with E-state index in [0.717, 1.165) is 46.3 Å². The Balaban J connectivity index is 1.40. The molecule has 6 nitrogen and oxygen atoms in total. The Morgan fingerprint density at radius 2 is 1.87 bits per heavy atom. The monoisotopic (exact) mass is 434 g/mol. The number of nitrogens with one attached hydrogen (secondary N) is 1. The zero-order chi connectivity index (χ0) is 21.6. The third-order valence-corrected chi connectivity index (χ3v) is 6.17. The Bertz CT molecular complexity index is 1040. The summed E-state index contributed by atoms with van der Waals surface area (Å²) in [5, 5.41) is 14.1. The number of nitrogens with zero attached hydrogens (tertiary/aromatic N) is 2. The van der Waals surface area contributed by atoms with Crippen molar-refractivity contribution in [3.8, 4) is 11.6 Å². The van der Waals surface area contributed by atoms with E-state index in [-0.39, 0.29) is 12.0 Å². The molecule has 3 aromatic rings. The number of hydrogen-bond acceptors (Lipinski definition) is 7. The molecule has 0 unspecified atom stereocenters. The average Bonchev–Trinajstić information content (AvgIpc) is 2.77. The van der Waals surface area contributed by atoms with Gasteiger partial charge in [0.2, 0.25) is 5.88 Å². The van der Waals surface area contributed by atoms with Crippen LogP contribution in [0.25, 0.3) is 0 Å². The molecule has 7 heteroatoms. The standard InChI is InChI=1S/C24H26N4O2S/c1-16(31-22-8-3-2-7-21(22)25)28-18-9-11-20(12-10-18)30-24-23(26-13-14-27-24)17-5-4-6-19(29)15-17/h2-3,7-14,17,19,28-29H,1,4-6,15,25H2/t17-,19+/m1/s1. The van der Waals surface area contributed by atoms with E-state index in [9.17, 15) is 5.11 Å². The number of anilines is 2. The molecule has 2 atom stereocenters. The van der Waals surface area contributed by atoms with Gasteiger partial charge in [-0.2, -0.15) is 0 Å². The van der Waals surface area contributed by atoms with Crippen LogP contribution in [0.2, 0.25) is 0 Å². The van der Waals surface area contributed by atoms with Crippen LogP contribution in [0.4, 0.5) is 11.4 Å². The van der Waals surface area contributed by atoms with E-state index in [2.05, 4.69) is 21.9 Å². The number of aliphatic hydroxyl groups is 1. The minimum absolute atomic E-state index is 0.166. The molecule has 0 amide bonds. The van der Waals surface area contributed by atoms with Gasteiger partial charge in [-0.25, -0.2) is 4.98 Å². The summed E-state index contributed by atoms with van der Waals surface area (Å²) < 4.78 is 6.04. The number of nitrogen functional groups attached to an aromatic ring is 1. The maximum atomic E-state index is 10.0. The van der Waals surface area contributed by atoms with Crippen molar-refractivity contribution in [1.82, 2.24) is 9.97 Å². The summed E-state index contributed by atoms with van der Waals surface area (Å²) in [5.41, 5.74) is 8.44. The van der Waals surface area contributed by atoms with Gasteiger partial charge in [-0.1, -0.05) is 36.9 Å². The molecular weight excluding hydrogens is 408 g/mol. The first kappa shape index (κ1) is 21.2.